The first-order chi connectivity index (χ1) is 8.63. The van der Waals surface area contributed by atoms with E-state index in [1.54, 1.807) is 18.3 Å². The lowest BCUT2D eigenvalue weighted by Crippen LogP contribution is -2.35. The third-order valence-corrected chi connectivity index (χ3v) is 3.07. The number of hydrogen-bond donors (Lipinski definition) is 2. The number of nitrogens with one attached hydrogen (secondary N) is 1. The molecule has 1 rings (SSSR count). The van der Waals surface area contributed by atoms with Crippen molar-refractivity contribution in [3.8, 4) is 0 Å². The largest absolute Gasteiger partial charge is 0.339 e. The van der Waals surface area contributed by atoms with E-state index in [2.05, 4.69) is 24.3 Å². The highest BCUT2D eigenvalue weighted by Crippen LogP contribution is 2.15. The van der Waals surface area contributed by atoms with Crippen molar-refractivity contribution in [3.05, 3.63) is 23.9 Å². The summed E-state index contributed by atoms with van der Waals surface area (Å²) in [7, 11) is 0. The molecular weight excluding hydrogens is 228 g/mol. The molecule has 3 N–H and O–H groups in total. The van der Waals surface area contributed by atoms with Crippen LogP contribution in [0.3, 0.4) is 0 Å². The molecule has 0 aliphatic heterocycles. The van der Waals surface area contributed by atoms with Crippen LogP contribution in [-0.4, -0.2) is 28.9 Å². The van der Waals surface area contributed by atoms with Gasteiger partial charge in [-0.25, -0.2) is 10.8 Å². The van der Waals surface area contributed by atoms with Crippen molar-refractivity contribution in [2.45, 2.75) is 27.2 Å². The average molecular weight is 250 g/mol. The van der Waals surface area contributed by atoms with Gasteiger partial charge in [0.2, 0.25) is 0 Å². The quantitative estimate of drug-likeness (QED) is 0.597. The van der Waals surface area contributed by atoms with Gasteiger partial charge < -0.3 is 10.3 Å². The van der Waals surface area contributed by atoms with Gasteiger partial charge in [0.05, 0.1) is 5.56 Å². The van der Waals surface area contributed by atoms with Gasteiger partial charge in [0.1, 0.15) is 0 Å². The maximum absolute atomic E-state index is 12.4. The second kappa shape index (κ2) is 6.96. The SMILES string of the molecule is CCC(C)CN(CC)C(=O)c1cccnc1NN. The van der Waals surface area contributed by atoms with Crippen LogP contribution in [0.15, 0.2) is 18.3 Å². The first kappa shape index (κ1) is 14.4. The van der Waals surface area contributed by atoms with Crippen LogP contribution in [0.5, 0.6) is 0 Å². The van der Waals surface area contributed by atoms with Gasteiger partial charge in [-0.2, -0.15) is 0 Å². The minimum Gasteiger partial charge on any atom is -0.339 e. The van der Waals surface area contributed by atoms with Gasteiger partial charge >= 0.3 is 0 Å². The summed E-state index contributed by atoms with van der Waals surface area (Å²) in [6.45, 7) is 7.68. The molecule has 100 valence electrons. The number of nitrogens with zero attached hydrogens (tertiary/aromatic N) is 2. The van der Waals surface area contributed by atoms with Gasteiger partial charge in [0, 0.05) is 19.3 Å². The summed E-state index contributed by atoms with van der Waals surface area (Å²) in [5.74, 6) is 6.25. The first-order valence-electron chi connectivity index (χ1n) is 6.34. The zero-order valence-electron chi connectivity index (χ0n) is 11.3. The number of pyridine rings is 1. The molecule has 5 heteroatoms. The van der Waals surface area contributed by atoms with E-state index in [0.717, 1.165) is 13.0 Å². The molecule has 1 heterocycles. The van der Waals surface area contributed by atoms with Crippen LogP contribution in [0.2, 0.25) is 0 Å². The molecule has 1 aromatic rings. The van der Waals surface area contributed by atoms with E-state index in [1.165, 1.54) is 0 Å². The van der Waals surface area contributed by atoms with E-state index < -0.39 is 0 Å². The van der Waals surface area contributed by atoms with E-state index in [9.17, 15) is 4.79 Å². The number of anilines is 1. The monoisotopic (exact) mass is 250 g/mol. The second-order valence-corrected chi connectivity index (χ2v) is 4.40. The Morgan fingerprint density at radius 2 is 2.28 bits per heavy atom. The minimum atomic E-state index is -0.0288. The summed E-state index contributed by atoms with van der Waals surface area (Å²) in [6.07, 6.45) is 2.66. The molecule has 0 aromatic carbocycles. The topological polar surface area (TPSA) is 71.2 Å². The predicted molar refractivity (Wildman–Crippen MR) is 73.1 cm³/mol. The molecule has 1 amide bonds. The van der Waals surface area contributed by atoms with Crippen molar-refractivity contribution >= 4 is 11.7 Å². The van der Waals surface area contributed by atoms with E-state index in [0.29, 0.717) is 23.8 Å². The van der Waals surface area contributed by atoms with E-state index in [-0.39, 0.29) is 5.91 Å². The Bertz CT molecular complexity index is 394. The predicted octanol–water partition coefficient (Wildman–Crippen LogP) is 1.88. The fraction of sp³-hybridized carbons (Fsp3) is 0.538. The van der Waals surface area contributed by atoms with Crippen LogP contribution in [-0.2, 0) is 0 Å². The average Bonchev–Trinajstić information content (AvgIpc) is 2.43. The summed E-state index contributed by atoms with van der Waals surface area (Å²) < 4.78 is 0. The molecule has 0 spiro atoms. The molecule has 0 saturated heterocycles. The molecule has 5 nitrogen and oxygen atoms in total. The fourth-order valence-electron chi connectivity index (χ4n) is 1.72. The Labute approximate surface area is 108 Å². The van der Waals surface area contributed by atoms with Crippen LogP contribution in [0, 0.1) is 5.92 Å². The Kier molecular flexibility index (Phi) is 5.58. The van der Waals surface area contributed by atoms with Gasteiger partial charge in [-0.1, -0.05) is 20.3 Å². The van der Waals surface area contributed by atoms with Crippen LogP contribution < -0.4 is 11.3 Å². The Morgan fingerprint density at radius 3 is 2.83 bits per heavy atom. The van der Waals surface area contributed by atoms with Crippen LogP contribution in [0.1, 0.15) is 37.6 Å². The van der Waals surface area contributed by atoms with Gasteiger partial charge in [0.15, 0.2) is 5.82 Å². The number of carbonyl (C=O) groups is 1. The summed E-state index contributed by atoms with van der Waals surface area (Å²) in [5.41, 5.74) is 2.98. The number of carbonyl (C=O) groups excluding carboxylic acids is 1. The van der Waals surface area contributed by atoms with Crippen LogP contribution in [0.4, 0.5) is 5.82 Å². The molecule has 0 aliphatic carbocycles. The van der Waals surface area contributed by atoms with E-state index in [1.807, 2.05) is 11.8 Å². The fourth-order valence-corrected chi connectivity index (χ4v) is 1.72. The molecule has 1 atom stereocenters. The van der Waals surface area contributed by atoms with Crippen LogP contribution >= 0.6 is 0 Å². The van der Waals surface area contributed by atoms with Crippen molar-refractivity contribution in [2.75, 3.05) is 18.5 Å². The van der Waals surface area contributed by atoms with Crippen molar-refractivity contribution < 1.29 is 4.79 Å². The molecule has 0 aliphatic rings. The summed E-state index contributed by atoms with van der Waals surface area (Å²) >= 11 is 0. The maximum Gasteiger partial charge on any atom is 0.257 e. The maximum atomic E-state index is 12.4. The van der Waals surface area contributed by atoms with Gasteiger partial charge in [-0.05, 0) is 25.0 Å². The number of nitrogen functional groups attached to an aromatic ring is 1. The summed E-state index contributed by atoms with van der Waals surface area (Å²) in [4.78, 5) is 18.3. The Hall–Kier alpha value is -1.62. The minimum absolute atomic E-state index is 0.0288. The molecular formula is C13H22N4O. The van der Waals surface area contributed by atoms with Crippen LogP contribution in [0.25, 0.3) is 0 Å². The molecule has 0 fully saturated rings. The third kappa shape index (κ3) is 3.43. The number of amides is 1. The molecule has 1 aromatic heterocycles. The van der Waals surface area contributed by atoms with Crippen molar-refractivity contribution in [3.63, 3.8) is 0 Å². The molecule has 18 heavy (non-hydrogen) atoms. The summed E-state index contributed by atoms with van der Waals surface area (Å²) in [5, 5.41) is 0. The molecule has 0 radical (unpaired) electrons. The number of rotatable bonds is 6. The van der Waals surface area contributed by atoms with E-state index in [4.69, 9.17) is 5.84 Å². The van der Waals surface area contributed by atoms with Crippen molar-refractivity contribution in [2.24, 2.45) is 11.8 Å². The molecule has 0 bridgehead atoms. The zero-order chi connectivity index (χ0) is 13.5. The van der Waals surface area contributed by atoms with Gasteiger partial charge in [-0.15, -0.1) is 0 Å². The highest BCUT2D eigenvalue weighted by atomic mass is 16.2. The third-order valence-electron chi connectivity index (χ3n) is 3.07. The number of hydrogen-bond acceptors (Lipinski definition) is 4. The lowest BCUT2D eigenvalue weighted by Gasteiger charge is -2.24. The smallest absolute Gasteiger partial charge is 0.257 e. The number of nitrogens with two attached hydrogens (primary N) is 1. The second-order valence-electron chi connectivity index (χ2n) is 4.40. The summed E-state index contributed by atoms with van der Waals surface area (Å²) in [6, 6.07) is 3.48. The lowest BCUT2D eigenvalue weighted by atomic mass is 10.1. The Morgan fingerprint density at radius 1 is 1.56 bits per heavy atom. The van der Waals surface area contributed by atoms with Gasteiger partial charge in [-0.3, -0.25) is 4.79 Å². The first-order valence-corrected chi connectivity index (χ1v) is 6.34. The van der Waals surface area contributed by atoms with Gasteiger partial charge in [0.25, 0.3) is 5.91 Å². The standard InChI is InChI=1S/C13H22N4O/c1-4-10(3)9-17(5-2)13(18)11-7-6-8-15-12(11)16-14/h6-8,10H,4-5,9,14H2,1-3H3,(H,15,16). The highest BCUT2D eigenvalue weighted by Gasteiger charge is 2.19. The normalized spacial score (nSPS) is 12.0. The number of hydrazine groups is 1. The lowest BCUT2D eigenvalue weighted by molar-refractivity contribution is 0.0741. The van der Waals surface area contributed by atoms with Crippen molar-refractivity contribution in [1.29, 1.82) is 0 Å². The van der Waals surface area contributed by atoms with Crippen molar-refractivity contribution in [1.82, 2.24) is 9.88 Å². The Balaban J connectivity index is 2.89. The number of aromatic nitrogens is 1. The molecule has 0 saturated carbocycles. The van der Waals surface area contributed by atoms with E-state index >= 15 is 0 Å². The molecule has 1 unspecified atom stereocenters. The highest BCUT2D eigenvalue weighted by molar-refractivity contribution is 5.98. The zero-order valence-corrected chi connectivity index (χ0v) is 11.3.